The standard InChI is InChI=1S/C20H22ClFO/c1-19(2)10-6-9-18(19)20(22)12-15(13-23)17(21)11-16(20)14-7-4-3-5-8-14/h3-5,7-9,11,23H,6,10,12-13H2,1-2H3. The minimum absolute atomic E-state index is 0.123. The van der Waals surface area contributed by atoms with Crippen LogP contribution in [0.4, 0.5) is 4.39 Å². The summed E-state index contributed by atoms with van der Waals surface area (Å²) in [7, 11) is 0. The second-order valence-corrected chi connectivity index (χ2v) is 7.46. The van der Waals surface area contributed by atoms with Crippen molar-refractivity contribution in [3.05, 3.63) is 64.2 Å². The Bertz CT molecular complexity index is 700. The number of aliphatic hydroxyl groups is 1. The molecule has 0 bridgehead atoms. The minimum atomic E-state index is -1.61. The second-order valence-electron chi connectivity index (χ2n) is 7.05. The molecule has 1 atom stereocenters. The molecule has 1 aromatic carbocycles. The summed E-state index contributed by atoms with van der Waals surface area (Å²) in [6.45, 7) is 3.97. The van der Waals surface area contributed by atoms with Crippen molar-refractivity contribution >= 4 is 17.2 Å². The molecule has 0 saturated carbocycles. The van der Waals surface area contributed by atoms with Crippen LogP contribution in [0.25, 0.3) is 5.57 Å². The van der Waals surface area contributed by atoms with E-state index in [1.807, 2.05) is 36.4 Å². The maximum Gasteiger partial charge on any atom is 0.162 e. The van der Waals surface area contributed by atoms with E-state index in [-0.39, 0.29) is 18.4 Å². The lowest BCUT2D eigenvalue weighted by Gasteiger charge is -2.39. The van der Waals surface area contributed by atoms with Crippen molar-refractivity contribution in [3.63, 3.8) is 0 Å². The van der Waals surface area contributed by atoms with Gasteiger partial charge in [-0.3, -0.25) is 0 Å². The largest absolute Gasteiger partial charge is 0.392 e. The molecule has 1 N–H and O–H groups in total. The smallest absolute Gasteiger partial charge is 0.162 e. The Balaban J connectivity index is 2.17. The number of alkyl halides is 1. The zero-order valence-corrected chi connectivity index (χ0v) is 14.3. The Labute approximate surface area is 142 Å². The van der Waals surface area contributed by atoms with E-state index in [4.69, 9.17) is 11.6 Å². The highest BCUT2D eigenvalue weighted by Crippen LogP contribution is 2.54. The summed E-state index contributed by atoms with van der Waals surface area (Å²) in [5.74, 6) is 0. The zero-order chi connectivity index (χ0) is 16.7. The fraction of sp³-hybridized carbons (Fsp3) is 0.400. The Morgan fingerprint density at radius 3 is 2.48 bits per heavy atom. The van der Waals surface area contributed by atoms with E-state index in [0.717, 1.165) is 24.0 Å². The van der Waals surface area contributed by atoms with E-state index in [2.05, 4.69) is 13.8 Å². The van der Waals surface area contributed by atoms with Crippen LogP contribution in [-0.2, 0) is 0 Å². The maximum atomic E-state index is 16.4. The SMILES string of the molecule is CC1(C)CCC=C1C1(F)CC(CO)=C(Cl)C=C1c1ccccc1. The normalized spacial score (nSPS) is 27.0. The summed E-state index contributed by atoms with van der Waals surface area (Å²) < 4.78 is 16.4. The van der Waals surface area contributed by atoms with Gasteiger partial charge >= 0.3 is 0 Å². The molecule has 3 heteroatoms. The zero-order valence-electron chi connectivity index (χ0n) is 13.6. The molecule has 23 heavy (non-hydrogen) atoms. The Morgan fingerprint density at radius 2 is 1.91 bits per heavy atom. The van der Waals surface area contributed by atoms with Gasteiger partial charge < -0.3 is 5.11 Å². The van der Waals surface area contributed by atoms with Crippen LogP contribution in [0.15, 0.2) is 58.7 Å². The lowest BCUT2D eigenvalue weighted by Crippen LogP contribution is -2.36. The number of halogens is 2. The average Bonchev–Trinajstić information content (AvgIpc) is 2.90. The molecule has 0 amide bonds. The fourth-order valence-corrected chi connectivity index (χ4v) is 4.04. The van der Waals surface area contributed by atoms with Gasteiger partial charge in [-0.2, -0.15) is 0 Å². The first-order valence-corrected chi connectivity index (χ1v) is 8.42. The number of hydrogen-bond acceptors (Lipinski definition) is 1. The molecule has 3 rings (SSSR count). The average molecular weight is 333 g/mol. The first-order valence-electron chi connectivity index (χ1n) is 8.04. The third-order valence-electron chi connectivity index (χ3n) is 5.04. The summed E-state index contributed by atoms with van der Waals surface area (Å²) in [6, 6.07) is 9.56. The molecule has 1 unspecified atom stereocenters. The van der Waals surface area contributed by atoms with Gasteiger partial charge in [0.15, 0.2) is 5.67 Å². The topological polar surface area (TPSA) is 20.2 Å². The molecule has 0 aromatic heterocycles. The van der Waals surface area contributed by atoms with Gasteiger partial charge in [-0.25, -0.2) is 4.39 Å². The summed E-state index contributed by atoms with van der Waals surface area (Å²) in [5.41, 5.74) is 1.02. The predicted molar refractivity (Wildman–Crippen MR) is 93.9 cm³/mol. The van der Waals surface area contributed by atoms with Gasteiger partial charge in [0.1, 0.15) is 0 Å². The lowest BCUT2D eigenvalue weighted by molar-refractivity contribution is 0.227. The van der Waals surface area contributed by atoms with Gasteiger partial charge in [0, 0.05) is 17.0 Å². The highest BCUT2D eigenvalue weighted by molar-refractivity contribution is 6.32. The Kier molecular flexibility index (Phi) is 4.24. The quantitative estimate of drug-likeness (QED) is 0.733. The molecule has 1 nitrogen and oxygen atoms in total. The second kappa shape index (κ2) is 5.92. The molecular weight excluding hydrogens is 311 g/mol. The molecule has 1 aromatic rings. The van der Waals surface area contributed by atoms with E-state index in [0.29, 0.717) is 16.2 Å². The van der Waals surface area contributed by atoms with Crippen LogP contribution >= 0.6 is 11.6 Å². The van der Waals surface area contributed by atoms with Crippen LogP contribution in [0.3, 0.4) is 0 Å². The van der Waals surface area contributed by atoms with Crippen molar-refractivity contribution in [3.8, 4) is 0 Å². The van der Waals surface area contributed by atoms with Crippen LogP contribution in [0, 0.1) is 5.41 Å². The molecule has 2 aliphatic rings. The highest BCUT2D eigenvalue weighted by atomic mass is 35.5. The van der Waals surface area contributed by atoms with E-state index in [1.165, 1.54) is 0 Å². The molecule has 2 aliphatic carbocycles. The van der Waals surface area contributed by atoms with Crippen LogP contribution in [-0.4, -0.2) is 17.4 Å². The third kappa shape index (κ3) is 2.79. The van der Waals surface area contributed by atoms with Crippen molar-refractivity contribution in [2.24, 2.45) is 5.41 Å². The van der Waals surface area contributed by atoms with Crippen molar-refractivity contribution in [2.75, 3.05) is 6.61 Å². The van der Waals surface area contributed by atoms with Gasteiger partial charge in [-0.1, -0.05) is 61.9 Å². The van der Waals surface area contributed by atoms with Gasteiger partial charge in [0.2, 0.25) is 0 Å². The first-order chi connectivity index (χ1) is 10.9. The van der Waals surface area contributed by atoms with Gasteiger partial charge in [-0.15, -0.1) is 0 Å². The Hall–Kier alpha value is -1.38. The van der Waals surface area contributed by atoms with E-state index >= 15 is 4.39 Å². The molecule has 0 heterocycles. The van der Waals surface area contributed by atoms with E-state index in [1.54, 1.807) is 6.08 Å². The monoisotopic (exact) mass is 332 g/mol. The van der Waals surface area contributed by atoms with Crippen molar-refractivity contribution < 1.29 is 9.50 Å². The van der Waals surface area contributed by atoms with Gasteiger partial charge in [0.25, 0.3) is 0 Å². The van der Waals surface area contributed by atoms with Crippen molar-refractivity contribution in [1.29, 1.82) is 0 Å². The number of allylic oxidation sites excluding steroid dienone is 5. The number of hydrogen-bond donors (Lipinski definition) is 1. The molecule has 122 valence electrons. The number of aliphatic hydroxyl groups excluding tert-OH is 1. The van der Waals surface area contributed by atoms with Crippen LogP contribution < -0.4 is 0 Å². The summed E-state index contributed by atoms with van der Waals surface area (Å²) in [4.78, 5) is 0. The number of rotatable bonds is 3. The third-order valence-corrected chi connectivity index (χ3v) is 5.42. The molecule has 0 aliphatic heterocycles. The fourth-order valence-electron chi connectivity index (χ4n) is 3.80. The maximum absolute atomic E-state index is 16.4. The predicted octanol–water partition coefficient (Wildman–Crippen LogP) is 5.41. The van der Waals surface area contributed by atoms with Crippen molar-refractivity contribution in [1.82, 2.24) is 0 Å². The van der Waals surface area contributed by atoms with Crippen LogP contribution in [0.5, 0.6) is 0 Å². The van der Waals surface area contributed by atoms with Crippen LogP contribution in [0.1, 0.15) is 38.7 Å². The van der Waals surface area contributed by atoms with Gasteiger partial charge in [0.05, 0.1) is 6.61 Å². The Morgan fingerprint density at radius 1 is 1.22 bits per heavy atom. The molecule has 0 radical (unpaired) electrons. The molecule has 0 saturated heterocycles. The highest BCUT2D eigenvalue weighted by Gasteiger charge is 2.48. The van der Waals surface area contributed by atoms with Crippen molar-refractivity contribution in [2.45, 2.75) is 38.8 Å². The molecule has 0 fully saturated rings. The molecular formula is C20H22ClFO. The summed E-state index contributed by atoms with van der Waals surface area (Å²) in [6.07, 6.45) is 5.69. The van der Waals surface area contributed by atoms with E-state index < -0.39 is 5.67 Å². The van der Waals surface area contributed by atoms with Gasteiger partial charge in [-0.05, 0) is 41.0 Å². The van der Waals surface area contributed by atoms with E-state index in [9.17, 15) is 5.11 Å². The lowest BCUT2D eigenvalue weighted by atomic mass is 9.69. The van der Waals surface area contributed by atoms with Crippen LogP contribution in [0.2, 0.25) is 0 Å². The summed E-state index contributed by atoms with van der Waals surface area (Å²) in [5, 5.41) is 10.0. The molecule has 0 spiro atoms. The number of benzene rings is 1. The first kappa shape index (κ1) is 16.5. The summed E-state index contributed by atoms with van der Waals surface area (Å²) >= 11 is 6.29. The minimum Gasteiger partial charge on any atom is -0.392 e.